The van der Waals surface area contributed by atoms with Crippen LogP contribution in [0.4, 0.5) is 0 Å². The van der Waals surface area contributed by atoms with Gasteiger partial charge in [0.2, 0.25) is 5.60 Å². The second kappa shape index (κ2) is 6.83. The van der Waals surface area contributed by atoms with Crippen LogP contribution in [0.25, 0.3) is 0 Å². The van der Waals surface area contributed by atoms with E-state index in [2.05, 4.69) is 9.26 Å². The molecule has 1 aromatic rings. The van der Waals surface area contributed by atoms with Crippen molar-refractivity contribution in [2.75, 3.05) is 13.7 Å². The number of rotatable bonds is 5. The van der Waals surface area contributed by atoms with Crippen molar-refractivity contribution in [3.63, 3.8) is 0 Å². The Bertz CT molecular complexity index is 826. The molecule has 13 heteroatoms. The molecule has 140 valence electrons. The highest BCUT2D eigenvalue weighted by atomic mass is 31.2. The third-order valence-corrected chi connectivity index (χ3v) is 4.21. The second-order valence-corrected chi connectivity index (χ2v) is 6.69. The fourth-order valence-electron chi connectivity index (χ4n) is 2.45. The van der Waals surface area contributed by atoms with E-state index >= 15 is 0 Å². The number of nitrogens with one attached hydrogen (secondary N) is 1. The molecule has 1 aliphatic rings. The van der Waals surface area contributed by atoms with Crippen molar-refractivity contribution < 1.29 is 38.3 Å². The Hall–Kier alpha value is -1.82. The highest BCUT2D eigenvalue weighted by Gasteiger charge is 2.57. The molecule has 1 saturated heterocycles. The Labute approximate surface area is 140 Å². The standard InChI is InChI=1S/C12H17N2O10P/c1-6-4-14(11(18)13-9(6)16)8-3-7(15)12(24-8,10(17)22-2)5-23-25(19,20)21/h4,7-8,15H,3,5H2,1-2H3,(H,13,16,18)(H2,19,20,21)/t7-,8+,12+/m0/s1. The number of phosphoric acid groups is 1. The van der Waals surface area contributed by atoms with Gasteiger partial charge in [0.15, 0.2) is 0 Å². The lowest BCUT2D eigenvalue weighted by Gasteiger charge is -2.28. The summed E-state index contributed by atoms with van der Waals surface area (Å²) in [5.41, 5.74) is -3.52. The summed E-state index contributed by atoms with van der Waals surface area (Å²) in [6, 6.07) is 0. The van der Waals surface area contributed by atoms with E-state index < -0.39 is 49.6 Å². The van der Waals surface area contributed by atoms with Crippen molar-refractivity contribution in [3.8, 4) is 0 Å². The third kappa shape index (κ3) is 3.89. The van der Waals surface area contributed by atoms with E-state index in [1.807, 2.05) is 4.98 Å². The molecule has 0 spiro atoms. The van der Waals surface area contributed by atoms with Gasteiger partial charge in [0.05, 0.1) is 7.11 Å². The summed E-state index contributed by atoms with van der Waals surface area (Å²) < 4.78 is 26.1. The number of hydrogen-bond donors (Lipinski definition) is 4. The lowest BCUT2D eigenvalue weighted by molar-refractivity contribution is -0.186. The molecule has 25 heavy (non-hydrogen) atoms. The van der Waals surface area contributed by atoms with Gasteiger partial charge in [0.25, 0.3) is 5.56 Å². The molecule has 0 unspecified atom stereocenters. The molecule has 3 atom stereocenters. The monoisotopic (exact) mass is 380 g/mol. The van der Waals surface area contributed by atoms with E-state index in [0.29, 0.717) is 0 Å². The van der Waals surface area contributed by atoms with Gasteiger partial charge in [-0.25, -0.2) is 14.2 Å². The number of carbonyl (C=O) groups excluding carboxylic acids is 1. The SMILES string of the molecule is COC(=O)[C@]1(COP(=O)(O)O)O[C@@H](n2cc(C)c(=O)[nH]c2=O)C[C@@H]1O. The highest BCUT2D eigenvalue weighted by Crippen LogP contribution is 2.43. The van der Waals surface area contributed by atoms with Gasteiger partial charge in [-0.1, -0.05) is 0 Å². The van der Waals surface area contributed by atoms with Crippen LogP contribution < -0.4 is 11.2 Å². The number of aliphatic hydroxyl groups excluding tert-OH is 1. The fraction of sp³-hybridized carbons (Fsp3) is 0.583. The molecule has 2 heterocycles. The summed E-state index contributed by atoms with van der Waals surface area (Å²) in [4.78, 5) is 55.1. The molecule has 0 saturated carbocycles. The molecule has 0 amide bonds. The van der Waals surface area contributed by atoms with Crippen molar-refractivity contribution in [1.82, 2.24) is 9.55 Å². The van der Waals surface area contributed by atoms with Gasteiger partial charge in [-0.15, -0.1) is 0 Å². The van der Waals surface area contributed by atoms with Crippen molar-refractivity contribution in [3.05, 3.63) is 32.6 Å². The molecule has 1 aromatic heterocycles. The number of hydrogen-bond acceptors (Lipinski definition) is 8. The van der Waals surface area contributed by atoms with Gasteiger partial charge in [-0.05, 0) is 6.92 Å². The van der Waals surface area contributed by atoms with Gasteiger partial charge in [0, 0.05) is 18.2 Å². The number of aryl methyl sites for hydroxylation is 1. The van der Waals surface area contributed by atoms with Crippen molar-refractivity contribution in [2.45, 2.75) is 31.3 Å². The van der Waals surface area contributed by atoms with Gasteiger partial charge in [-0.3, -0.25) is 18.9 Å². The predicted molar refractivity (Wildman–Crippen MR) is 79.5 cm³/mol. The van der Waals surface area contributed by atoms with Crippen molar-refractivity contribution in [2.24, 2.45) is 0 Å². The number of aromatic amines is 1. The Morgan fingerprint density at radius 3 is 2.72 bits per heavy atom. The summed E-state index contributed by atoms with van der Waals surface area (Å²) in [5.74, 6) is -1.13. The van der Waals surface area contributed by atoms with Crippen LogP contribution in [0.5, 0.6) is 0 Å². The first-order valence-corrected chi connectivity index (χ1v) is 8.49. The van der Waals surface area contributed by atoms with E-state index in [1.165, 1.54) is 13.1 Å². The summed E-state index contributed by atoms with van der Waals surface area (Å²) in [7, 11) is -3.98. The second-order valence-electron chi connectivity index (χ2n) is 5.45. The molecule has 0 aromatic carbocycles. The minimum absolute atomic E-state index is 0.180. The van der Waals surface area contributed by atoms with Crippen LogP contribution in [-0.2, 0) is 23.4 Å². The van der Waals surface area contributed by atoms with E-state index in [4.69, 9.17) is 14.5 Å². The third-order valence-electron chi connectivity index (χ3n) is 3.74. The number of phosphoric ester groups is 1. The maximum absolute atomic E-state index is 12.1. The van der Waals surface area contributed by atoms with E-state index in [0.717, 1.165) is 11.7 Å². The number of nitrogens with zero attached hydrogens (tertiary/aromatic N) is 1. The number of aromatic nitrogens is 2. The van der Waals surface area contributed by atoms with Gasteiger partial charge in [-0.2, -0.15) is 0 Å². The van der Waals surface area contributed by atoms with Gasteiger partial charge < -0.3 is 24.4 Å². The molecule has 12 nitrogen and oxygen atoms in total. The summed E-state index contributed by atoms with van der Waals surface area (Å²) in [6.07, 6.45) is -1.89. The molecular weight excluding hydrogens is 363 g/mol. The van der Waals surface area contributed by atoms with Gasteiger partial charge in [0.1, 0.15) is 18.9 Å². The normalized spacial score (nSPS) is 26.6. The zero-order valence-corrected chi connectivity index (χ0v) is 14.1. The average Bonchev–Trinajstić information content (AvgIpc) is 2.85. The molecular formula is C12H17N2O10P. The zero-order chi connectivity index (χ0) is 19.0. The Kier molecular flexibility index (Phi) is 5.33. The Morgan fingerprint density at radius 2 is 2.16 bits per heavy atom. The largest absolute Gasteiger partial charge is 0.469 e. The quantitative estimate of drug-likeness (QED) is 0.335. The molecule has 1 aliphatic heterocycles. The van der Waals surface area contributed by atoms with Crippen LogP contribution in [-0.4, -0.2) is 55.8 Å². The highest BCUT2D eigenvalue weighted by molar-refractivity contribution is 7.46. The molecule has 0 bridgehead atoms. The van der Waals surface area contributed by atoms with Crippen LogP contribution in [0.3, 0.4) is 0 Å². The number of esters is 1. The minimum Gasteiger partial charge on any atom is -0.467 e. The molecule has 2 rings (SSSR count). The number of aliphatic hydroxyl groups is 1. The predicted octanol–water partition coefficient (Wildman–Crippen LogP) is -1.85. The first-order valence-electron chi connectivity index (χ1n) is 6.96. The number of carbonyl (C=O) groups is 1. The maximum atomic E-state index is 12.1. The molecule has 0 aliphatic carbocycles. The zero-order valence-electron chi connectivity index (χ0n) is 13.2. The summed E-state index contributed by atoms with van der Waals surface area (Å²) >= 11 is 0. The Morgan fingerprint density at radius 1 is 1.52 bits per heavy atom. The maximum Gasteiger partial charge on any atom is 0.469 e. The van der Waals surface area contributed by atoms with Crippen LogP contribution >= 0.6 is 7.82 Å². The van der Waals surface area contributed by atoms with Crippen molar-refractivity contribution in [1.29, 1.82) is 0 Å². The Balaban J connectivity index is 2.40. The van der Waals surface area contributed by atoms with Gasteiger partial charge >= 0.3 is 19.5 Å². The lowest BCUT2D eigenvalue weighted by Crippen LogP contribution is -2.51. The number of methoxy groups -OCH3 is 1. The molecule has 1 fully saturated rings. The first-order chi connectivity index (χ1) is 11.5. The van der Waals surface area contributed by atoms with Crippen molar-refractivity contribution >= 4 is 13.8 Å². The molecule has 4 N–H and O–H groups in total. The van der Waals surface area contributed by atoms with E-state index in [-0.39, 0.29) is 12.0 Å². The molecule has 0 radical (unpaired) electrons. The average molecular weight is 380 g/mol. The van der Waals surface area contributed by atoms with E-state index in [1.54, 1.807) is 0 Å². The lowest BCUT2D eigenvalue weighted by atomic mass is 9.98. The number of ether oxygens (including phenoxy) is 2. The smallest absolute Gasteiger partial charge is 0.467 e. The van der Waals surface area contributed by atoms with Crippen LogP contribution in [0.2, 0.25) is 0 Å². The van der Waals surface area contributed by atoms with Crippen LogP contribution in [0.1, 0.15) is 18.2 Å². The van der Waals surface area contributed by atoms with E-state index in [9.17, 15) is 24.1 Å². The fourth-order valence-corrected chi connectivity index (χ4v) is 2.81. The topological polar surface area (TPSA) is 177 Å². The first kappa shape index (κ1) is 19.5. The minimum atomic E-state index is -4.97. The number of H-pyrrole nitrogens is 1. The van der Waals surface area contributed by atoms with Crippen LogP contribution in [0, 0.1) is 6.92 Å². The summed E-state index contributed by atoms with van der Waals surface area (Å²) in [6.45, 7) is 0.434. The van der Waals surface area contributed by atoms with Crippen LogP contribution in [0.15, 0.2) is 15.8 Å². The summed E-state index contributed by atoms with van der Waals surface area (Å²) in [5, 5.41) is 10.2.